The van der Waals surface area contributed by atoms with Gasteiger partial charge in [-0.2, -0.15) is 9.78 Å². The maximum absolute atomic E-state index is 11.0. The second-order valence-corrected chi connectivity index (χ2v) is 3.45. The standard InChI is InChI=1S/C8H11N3OS.C2H6/c1-6(13-3)10-8-4-5-9-11(8)7(2)12;1-2/h4-5H,1-3H3;1-2H3/b10-6+;. The first kappa shape index (κ1) is 13.9. The molecular formula is C10H17N3OS. The topological polar surface area (TPSA) is 47.2 Å². The van der Waals surface area contributed by atoms with Crippen LogP contribution in [0.4, 0.5) is 5.82 Å². The highest BCUT2D eigenvalue weighted by Gasteiger charge is 2.04. The Labute approximate surface area is 94.8 Å². The molecule has 0 spiro atoms. The highest BCUT2D eigenvalue weighted by atomic mass is 32.2. The Bertz CT molecular complexity index is 344. The van der Waals surface area contributed by atoms with E-state index in [-0.39, 0.29) is 5.91 Å². The van der Waals surface area contributed by atoms with Crippen molar-refractivity contribution >= 4 is 28.5 Å². The summed E-state index contributed by atoms with van der Waals surface area (Å²) in [5.41, 5.74) is 0. The molecule has 4 nitrogen and oxygen atoms in total. The van der Waals surface area contributed by atoms with Crippen molar-refractivity contribution in [2.24, 2.45) is 4.99 Å². The highest BCUT2D eigenvalue weighted by molar-refractivity contribution is 8.13. The summed E-state index contributed by atoms with van der Waals surface area (Å²) in [7, 11) is 0. The van der Waals surface area contributed by atoms with Crippen LogP contribution in [0.25, 0.3) is 0 Å². The van der Waals surface area contributed by atoms with E-state index < -0.39 is 0 Å². The van der Waals surface area contributed by atoms with Crippen LogP contribution in [-0.2, 0) is 0 Å². The van der Waals surface area contributed by atoms with Crippen LogP contribution in [0.3, 0.4) is 0 Å². The maximum Gasteiger partial charge on any atom is 0.245 e. The zero-order chi connectivity index (χ0) is 11.8. The molecule has 0 saturated heterocycles. The molecule has 0 unspecified atom stereocenters. The smallest absolute Gasteiger partial charge is 0.245 e. The average Bonchev–Trinajstić information content (AvgIpc) is 2.69. The largest absolute Gasteiger partial charge is 0.273 e. The van der Waals surface area contributed by atoms with Gasteiger partial charge in [0.2, 0.25) is 5.91 Å². The van der Waals surface area contributed by atoms with Gasteiger partial charge in [-0.1, -0.05) is 13.8 Å². The van der Waals surface area contributed by atoms with Crippen molar-refractivity contribution in [1.29, 1.82) is 0 Å². The van der Waals surface area contributed by atoms with Crippen LogP contribution < -0.4 is 0 Å². The fourth-order valence-electron chi connectivity index (χ4n) is 0.831. The first-order valence-corrected chi connectivity index (χ1v) is 6.02. The number of aromatic nitrogens is 2. The lowest BCUT2D eigenvalue weighted by Crippen LogP contribution is -2.06. The molecular weight excluding hydrogens is 210 g/mol. The van der Waals surface area contributed by atoms with Crippen LogP contribution in [-0.4, -0.2) is 27.0 Å². The summed E-state index contributed by atoms with van der Waals surface area (Å²) in [6.07, 6.45) is 3.50. The van der Waals surface area contributed by atoms with E-state index in [1.165, 1.54) is 11.6 Å². The number of nitrogens with zero attached hydrogens (tertiary/aromatic N) is 3. The van der Waals surface area contributed by atoms with Gasteiger partial charge in [0.15, 0.2) is 5.82 Å². The SMILES string of the molecule is CC.CS/C(C)=N/c1ccnn1C(C)=O. The van der Waals surface area contributed by atoms with E-state index in [2.05, 4.69) is 10.1 Å². The normalized spacial score (nSPS) is 10.6. The van der Waals surface area contributed by atoms with Gasteiger partial charge in [-0.25, -0.2) is 4.99 Å². The summed E-state index contributed by atoms with van der Waals surface area (Å²) < 4.78 is 1.28. The van der Waals surface area contributed by atoms with E-state index in [0.29, 0.717) is 5.82 Å². The lowest BCUT2D eigenvalue weighted by atomic mass is 10.6. The molecule has 0 aliphatic rings. The fraction of sp³-hybridized carbons (Fsp3) is 0.500. The van der Waals surface area contributed by atoms with Crippen molar-refractivity contribution in [3.63, 3.8) is 0 Å². The molecule has 0 aliphatic carbocycles. The van der Waals surface area contributed by atoms with Gasteiger partial charge in [-0.15, -0.1) is 11.8 Å². The predicted molar refractivity (Wildman–Crippen MR) is 66.2 cm³/mol. The molecule has 84 valence electrons. The zero-order valence-electron chi connectivity index (χ0n) is 9.81. The quantitative estimate of drug-likeness (QED) is 0.547. The second-order valence-electron chi connectivity index (χ2n) is 2.46. The van der Waals surface area contributed by atoms with Gasteiger partial charge in [0.05, 0.1) is 11.2 Å². The number of rotatable bonds is 1. The predicted octanol–water partition coefficient (Wildman–Crippen LogP) is 2.98. The van der Waals surface area contributed by atoms with E-state index in [1.807, 2.05) is 27.0 Å². The molecule has 0 fully saturated rings. The first-order chi connectivity index (χ1) is 7.15. The fourth-order valence-corrected chi connectivity index (χ4v) is 1.02. The summed E-state index contributed by atoms with van der Waals surface area (Å²) >= 11 is 1.54. The van der Waals surface area contributed by atoms with Crippen LogP contribution in [0.2, 0.25) is 0 Å². The number of hydrogen-bond acceptors (Lipinski definition) is 4. The summed E-state index contributed by atoms with van der Waals surface area (Å²) in [5, 5.41) is 4.76. The van der Waals surface area contributed by atoms with Crippen molar-refractivity contribution < 1.29 is 4.79 Å². The van der Waals surface area contributed by atoms with Crippen LogP contribution in [0, 0.1) is 0 Å². The molecule has 5 heteroatoms. The number of aliphatic imine (C=N–C) groups is 1. The average molecular weight is 227 g/mol. The molecule has 0 aliphatic heterocycles. The van der Waals surface area contributed by atoms with E-state index in [1.54, 1.807) is 24.0 Å². The number of hydrogen-bond donors (Lipinski definition) is 0. The maximum atomic E-state index is 11.0. The Morgan fingerprint density at radius 3 is 2.53 bits per heavy atom. The van der Waals surface area contributed by atoms with Gasteiger partial charge in [0, 0.05) is 13.0 Å². The number of carbonyl (C=O) groups is 1. The Balaban J connectivity index is 0.000000921. The van der Waals surface area contributed by atoms with Gasteiger partial charge < -0.3 is 0 Å². The lowest BCUT2D eigenvalue weighted by Gasteiger charge is -1.98. The third kappa shape index (κ3) is 4.29. The van der Waals surface area contributed by atoms with E-state index >= 15 is 0 Å². The van der Waals surface area contributed by atoms with Crippen molar-refractivity contribution in [1.82, 2.24) is 9.78 Å². The first-order valence-electron chi connectivity index (χ1n) is 4.79. The van der Waals surface area contributed by atoms with Crippen LogP contribution in [0.1, 0.15) is 32.5 Å². The molecule has 1 rings (SSSR count). The lowest BCUT2D eigenvalue weighted by molar-refractivity contribution is 0.0923. The third-order valence-electron chi connectivity index (χ3n) is 1.49. The van der Waals surface area contributed by atoms with Gasteiger partial charge in [0.25, 0.3) is 0 Å². The van der Waals surface area contributed by atoms with Crippen LogP contribution >= 0.6 is 11.8 Å². The Hall–Kier alpha value is -1.10. The molecule has 0 radical (unpaired) electrons. The molecule has 1 aromatic rings. The molecule has 1 aromatic heterocycles. The van der Waals surface area contributed by atoms with Crippen LogP contribution in [0.5, 0.6) is 0 Å². The minimum atomic E-state index is -0.127. The van der Waals surface area contributed by atoms with Crippen molar-refractivity contribution in [3.8, 4) is 0 Å². The van der Waals surface area contributed by atoms with E-state index in [9.17, 15) is 4.79 Å². The Morgan fingerprint density at radius 1 is 1.47 bits per heavy atom. The van der Waals surface area contributed by atoms with Crippen LogP contribution in [0.15, 0.2) is 17.3 Å². The van der Waals surface area contributed by atoms with E-state index in [4.69, 9.17) is 0 Å². The Kier molecular flexibility index (Phi) is 6.70. The van der Waals surface area contributed by atoms with Crippen molar-refractivity contribution in [2.45, 2.75) is 27.7 Å². The van der Waals surface area contributed by atoms with Gasteiger partial charge in [-0.3, -0.25) is 4.79 Å². The van der Waals surface area contributed by atoms with Crippen molar-refractivity contribution in [2.75, 3.05) is 6.26 Å². The number of carbonyl (C=O) groups excluding carboxylic acids is 1. The molecule has 0 N–H and O–H groups in total. The molecule has 0 saturated carbocycles. The molecule has 0 atom stereocenters. The molecule has 0 aromatic carbocycles. The van der Waals surface area contributed by atoms with Gasteiger partial charge in [0.1, 0.15) is 0 Å². The van der Waals surface area contributed by atoms with Gasteiger partial charge >= 0.3 is 0 Å². The zero-order valence-corrected chi connectivity index (χ0v) is 10.6. The number of thioether (sulfide) groups is 1. The third-order valence-corrected chi connectivity index (χ3v) is 2.17. The molecule has 15 heavy (non-hydrogen) atoms. The Morgan fingerprint density at radius 2 is 2.07 bits per heavy atom. The highest BCUT2D eigenvalue weighted by Crippen LogP contribution is 2.13. The summed E-state index contributed by atoms with van der Waals surface area (Å²) in [6.45, 7) is 7.35. The molecule has 0 bridgehead atoms. The summed E-state index contributed by atoms with van der Waals surface area (Å²) in [6, 6.07) is 1.71. The van der Waals surface area contributed by atoms with Crippen molar-refractivity contribution in [3.05, 3.63) is 12.3 Å². The van der Waals surface area contributed by atoms with E-state index in [0.717, 1.165) is 5.04 Å². The minimum Gasteiger partial charge on any atom is -0.273 e. The molecule has 1 heterocycles. The second kappa shape index (κ2) is 7.23. The monoisotopic (exact) mass is 227 g/mol. The van der Waals surface area contributed by atoms with Gasteiger partial charge in [-0.05, 0) is 13.2 Å². The minimum absolute atomic E-state index is 0.127. The summed E-state index contributed by atoms with van der Waals surface area (Å²) in [5.74, 6) is 0.456. The molecule has 0 amide bonds. The summed E-state index contributed by atoms with van der Waals surface area (Å²) in [4.78, 5) is 15.2.